The molecule has 13 heteroatoms. The molecule has 244 valence electrons. The molecule has 0 saturated carbocycles. The van der Waals surface area contributed by atoms with Crippen LogP contribution >= 0.6 is 23.2 Å². The summed E-state index contributed by atoms with van der Waals surface area (Å²) >= 11 is 11.9. The van der Waals surface area contributed by atoms with Gasteiger partial charge in [-0.1, -0.05) is 71.8 Å². The fourth-order valence-electron chi connectivity index (χ4n) is 5.31. The van der Waals surface area contributed by atoms with Gasteiger partial charge >= 0.3 is 0 Å². The van der Waals surface area contributed by atoms with Crippen molar-refractivity contribution >= 4 is 82.6 Å². The maximum Gasteiger partial charge on any atom is 0.228 e. The molecule has 0 unspecified atom stereocenters. The van der Waals surface area contributed by atoms with E-state index in [0.717, 1.165) is 24.3 Å². The molecule has 6 rings (SSSR count). The maximum absolute atomic E-state index is 14.5. The number of halogens is 4. The Morgan fingerprint density at radius 1 is 0.604 bits per heavy atom. The number of ketones is 1. The highest BCUT2D eigenvalue weighted by molar-refractivity contribution is 7.92. The highest BCUT2D eigenvalue weighted by Crippen LogP contribution is 2.35. The van der Waals surface area contributed by atoms with Gasteiger partial charge in [-0.05, 0) is 71.8 Å². The minimum absolute atomic E-state index is 0.0873. The molecule has 2 N–H and O–H groups in total. The molecule has 0 aliphatic heterocycles. The molecule has 0 amide bonds. The Kier molecular flexibility index (Phi) is 9.14. The number of benzene rings is 4. The summed E-state index contributed by atoms with van der Waals surface area (Å²) < 4.78 is 84.3. The van der Waals surface area contributed by atoms with Crippen LogP contribution in [0.3, 0.4) is 0 Å². The van der Waals surface area contributed by atoms with Gasteiger partial charge in [0.15, 0.2) is 19.7 Å². The zero-order valence-corrected chi connectivity index (χ0v) is 27.8. The third-order valence-corrected chi connectivity index (χ3v) is 11.4. The van der Waals surface area contributed by atoms with E-state index in [9.17, 15) is 30.4 Å². The van der Waals surface area contributed by atoms with E-state index in [2.05, 4.69) is 9.97 Å². The van der Waals surface area contributed by atoms with Crippen molar-refractivity contribution in [1.82, 2.24) is 9.97 Å². The molecule has 2 heterocycles. The van der Waals surface area contributed by atoms with Gasteiger partial charge in [0, 0.05) is 31.9 Å². The molecule has 0 spiro atoms. The number of carbonyl (C=O) groups excluding carboxylic acids is 1. The summed E-state index contributed by atoms with van der Waals surface area (Å²) in [5.74, 6) is -3.66. The van der Waals surface area contributed by atoms with Crippen LogP contribution in [-0.4, -0.2) is 44.1 Å². The molecule has 4 aromatic carbocycles. The number of sulfone groups is 2. The van der Waals surface area contributed by atoms with Crippen LogP contribution in [-0.2, 0) is 19.7 Å². The lowest BCUT2D eigenvalue weighted by molar-refractivity contribution is 0.102. The van der Waals surface area contributed by atoms with Crippen LogP contribution < -0.4 is 0 Å². The lowest BCUT2D eigenvalue weighted by Gasteiger charge is -2.07. The van der Waals surface area contributed by atoms with Gasteiger partial charge < -0.3 is 9.97 Å². The summed E-state index contributed by atoms with van der Waals surface area (Å²) in [6.07, 6.45) is 5.86. The van der Waals surface area contributed by atoms with Gasteiger partial charge in [-0.25, -0.2) is 25.6 Å². The number of aromatic amines is 2. The van der Waals surface area contributed by atoms with E-state index in [-0.39, 0.29) is 21.8 Å². The van der Waals surface area contributed by atoms with Crippen LogP contribution in [0.25, 0.3) is 34.0 Å². The Morgan fingerprint density at radius 2 is 0.979 bits per heavy atom. The third kappa shape index (κ3) is 6.86. The van der Waals surface area contributed by atoms with Gasteiger partial charge in [0.05, 0.1) is 11.5 Å². The van der Waals surface area contributed by atoms with Crippen LogP contribution in [0.5, 0.6) is 0 Å². The summed E-state index contributed by atoms with van der Waals surface area (Å²) in [6, 6.07) is 20.0. The van der Waals surface area contributed by atoms with Gasteiger partial charge in [0.1, 0.15) is 32.8 Å². The predicted octanol–water partition coefficient (Wildman–Crippen LogP) is 8.44. The van der Waals surface area contributed by atoms with Crippen molar-refractivity contribution in [3.05, 3.63) is 141 Å². The molecule has 0 atom stereocenters. The Balaban J connectivity index is 1.45. The second-order valence-corrected chi connectivity index (χ2v) is 15.7. The second-order valence-electron chi connectivity index (χ2n) is 10.8. The average molecular weight is 726 g/mol. The number of fused-ring (bicyclic) bond motifs is 2. The number of nitrogens with one attached hydrogen (secondary N) is 2. The molecule has 0 aliphatic carbocycles. The minimum atomic E-state index is -4.33. The van der Waals surface area contributed by atoms with E-state index >= 15 is 0 Å². The van der Waals surface area contributed by atoms with Crippen LogP contribution in [0.1, 0.15) is 27.3 Å². The van der Waals surface area contributed by atoms with Crippen molar-refractivity contribution in [2.24, 2.45) is 0 Å². The Morgan fingerprint density at radius 3 is 1.35 bits per heavy atom. The van der Waals surface area contributed by atoms with E-state index in [1.54, 1.807) is 60.7 Å². The zero-order chi connectivity index (χ0) is 34.2. The normalized spacial score (nSPS) is 12.6. The Hall–Kier alpha value is -4.55. The topological polar surface area (TPSA) is 117 Å². The fourth-order valence-corrected chi connectivity index (χ4v) is 8.51. The second kappa shape index (κ2) is 13.2. The standard InChI is InChI=1S/C35H24Cl2F2N2O5S2/c36-23-9-5-21(6-10-23)3-1-17-47(43,44)34-27-19-25(38)13-15-29(27)40-31(34)33(42)32-35(28-20-26(39)14-16-30(28)41-32)48(45,46)18-2-4-22-7-11-24(37)12-8-22/h1-16,19-20,40-41H,17-18H2. The Labute approximate surface area is 284 Å². The first kappa shape index (κ1) is 33.4. The Bertz CT molecular complexity index is 2310. The number of aromatic nitrogens is 2. The third-order valence-electron chi connectivity index (χ3n) is 7.49. The molecule has 0 fully saturated rings. The molecule has 0 radical (unpaired) electrons. The maximum atomic E-state index is 14.5. The highest BCUT2D eigenvalue weighted by atomic mass is 35.5. The average Bonchev–Trinajstić information content (AvgIpc) is 3.62. The largest absolute Gasteiger partial charge is 0.351 e. The number of H-pyrrole nitrogens is 2. The molecule has 0 saturated heterocycles. The lowest BCUT2D eigenvalue weighted by atomic mass is 10.2. The van der Waals surface area contributed by atoms with Gasteiger partial charge in [0.25, 0.3) is 0 Å². The number of hydrogen-bond acceptors (Lipinski definition) is 5. The molecule has 2 aromatic heterocycles. The smallest absolute Gasteiger partial charge is 0.228 e. The summed E-state index contributed by atoms with van der Waals surface area (Å²) in [5.41, 5.74) is 0.656. The SMILES string of the molecule is O=C(c1[nH]c2ccc(F)cc2c1S(=O)(=O)CC=Cc1ccc(Cl)cc1)c1[nH]c2ccc(F)cc2c1S(=O)(=O)CC=Cc1ccc(Cl)cc1. The monoisotopic (exact) mass is 724 g/mol. The van der Waals surface area contributed by atoms with Crippen LogP contribution in [0, 0.1) is 11.6 Å². The van der Waals surface area contributed by atoms with Gasteiger partial charge in [-0.15, -0.1) is 0 Å². The molecule has 7 nitrogen and oxygen atoms in total. The number of carbonyl (C=O) groups is 1. The van der Waals surface area contributed by atoms with Crippen LogP contribution in [0.2, 0.25) is 10.0 Å². The van der Waals surface area contributed by atoms with Crippen molar-refractivity contribution in [3.63, 3.8) is 0 Å². The number of hydrogen-bond donors (Lipinski definition) is 2. The molecule has 0 aliphatic rings. The van der Waals surface area contributed by atoms with Gasteiger partial charge in [0.2, 0.25) is 5.78 Å². The van der Waals surface area contributed by atoms with Gasteiger partial charge in [-0.2, -0.15) is 0 Å². The van der Waals surface area contributed by atoms with Crippen molar-refractivity contribution in [3.8, 4) is 0 Å². The first-order chi connectivity index (χ1) is 22.8. The highest BCUT2D eigenvalue weighted by Gasteiger charge is 2.34. The first-order valence-electron chi connectivity index (χ1n) is 14.3. The quantitative estimate of drug-likeness (QED) is 0.138. The van der Waals surface area contributed by atoms with Gasteiger partial charge in [-0.3, -0.25) is 4.79 Å². The van der Waals surface area contributed by atoms with Crippen molar-refractivity contribution in [1.29, 1.82) is 0 Å². The van der Waals surface area contributed by atoms with Crippen molar-refractivity contribution in [2.45, 2.75) is 9.79 Å². The van der Waals surface area contributed by atoms with Crippen LogP contribution in [0.4, 0.5) is 8.78 Å². The summed E-state index contributed by atoms with van der Waals surface area (Å²) in [5, 5.41) is 0.830. The van der Waals surface area contributed by atoms with E-state index in [1.807, 2.05) is 0 Å². The van der Waals surface area contributed by atoms with Crippen molar-refractivity contribution < 1.29 is 30.4 Å². The molecular formula is C35H24Cl2F2N2O5S2. The van der Waals surface area contributed by atoms with E-state index < -0.39 is 69.8 Å². The summed E-state index contributed by atoms with van der Waals surface area (Å²) in [7, 11) is -8.66. The summed E-state index contributed by atoms with van der Waals surface area (Å²) in [6.45, 7) is 0. The first-order valence-corrected chi connectivity index (χ1v) is 18.4. The number of rotatable bonds is 10. The fraction of sp³-hybridized carbons (Fsp3) is 0.0571. The van der Waals surface area contributed by atoms with E-state index in [1.165, 1.54) is 24.3 Å². The molecular weight excluding hydrogens is 701 g/mol. The summed E-state index contributed by atoms with van der Waals surface area (Å²) in [4.78, 5) is 18.8. The zero-order valence-electron chi connectivity index (χ0n) is 24.7. The minimum Gasteiger partial charge on any atom is -0.351 e. The van der Waals surface area contributed by atoms with E-state index in [0.29, 0.717) is 21.2 Å². The predicted molar refractivity (Wildman–Crippen MR) is 185 cm³/mol. The van der Waals surface area contributed by atoms with Crippen molar-refractivity contribution in [2.75, 3.05) is 11.5 Å². The molecule has 0 bridgehead atoms. The molecule has 6 aromatic rings. The molecule has 48 heavy (non-hydrogen) atoms. The van der Waals surface area contributed by atoms with Crippen LogP contribution in [0.15, 0.2) is 107 Å². The van der Waals surface area contributed by atoms with E-state index in [4.69, 9.17) is 23.2 Å². The lowest BCUT2D eigenvalue weighted by Crippen LogP contribution is -2.15.